The van der Waals surface area contributed by atoms with Crippen molar-refractivity contribution >= 4 is 28.8 Å². The van der Waals surface area contributed by atoms with Crippen LogP contribution in [0, 0.1) is 12.3 Å². The van der Waals surface area contributed by atoms with E-state index in [1.807, 2.05) is 52.0 Å². The number of carbonyl (C=O) groups is 2. The fraction of sp³-hybridized carbons (Fsp3) is 0.414. The summed E-state index contributed by atoms with van der Waals surface area (Å²) in [5, 5.41) is 14.6. The minimum Gasteiger partial charge on any atom is -0.459 e. The van der Waals surface area contributed by atoms with E-state index >= 15 is 0 Å². The number of nitrogens with zero attached hydrogens (tertiary/aromatic N) is 4. The van der Waals surface area contributed by atoms with Crippen molar-refractivity contribution in [1.29, 1.82) is 0 Å². The Kier molecular flexibility index (Phi) is 6.52. The second-order valence-electron chi connectivity index (χ2n) is 11.7. The molecule has 1 saturated heterocycles. The van der Waals surface area contributed by atoms with Gasteiger partial charge in [-0.3, -0.25) is 9.59 Å². The van der Waals surface area contributed by atoms with E-state index in [-0.39, 0.29) is 36.9 Å². The number of aryl methyl sites for hydroxylation is 1. The fourth-order valence-electron chi connectivity index (χ4n) is 4.57. The molecule has 1 aromatic carbocycles. The molecule has 2 N–H and O–H groups in total. The monoisotopic (exact) mass is 562 g/mol. The van der Waals surface area contributed by atoms with Gasteiger partial charge in [0.05, 0.1) is 36.4 Å². The summed E-state index contributed by atoms with van der Waals surface area (Å²) in [7, 11) is 0. The number of benzene rings is 1. The molecule has 0 spiro atoms. The van der Waals surface area contributed by atoms with Gasteiger partial charge in [0.2, 0.25) is 11.7 Å². The molecule has 1 aliphatic heterocycles. The summed E-state index contributed by atoms with van der Waals surface area (Å²) in [5.74, 6) is -0.357. The first-order chi connectivity index (χ1) is 19.5. The van der Waals surface area contributed by atoms with Crippen LogP contribution in [0.1, 0.15) is 54.9 Å². The van der Waals surface area contributed by atoms with E-state index in [9.17, 15) is 14.0 Å². The smallest absolute Gasteiger partial charge is 0.319 e. The average Bonchev–Trinajstić information content (AvgIpc) is 3.26. The van der Waals surface area contributed by atoms with Gasteiger partial charge < -0.3 is 24.6 Å². The lowest BCUT2D eigenvalue weighted by Crippen LogP contribution is -2.55. The van der Waals surface area contributed by atoms with Crippen LogP contribution in [0.4, 0.5) is 15.8 Å². The molecule has 3 aromatic heterocycles. The first-order valence-corrected chi connectivity index (χ1v) is 13.4. The Bertz CT molecular complexity index is 1640. The quantitative estimate of drug-likeness (QED) is 0.297. The zero-order chi connectivity index (χ0) is 28.9. The Balaban J connectivity index is 1.18. The normalized spacial score (nSPS) is 19.4. The molecule has 0 unspecified atom stereocenters. The van der Waals surface area contributed by atoms with Crippen molar-refractivity contribution in [3.05, 3.63) is 59.7 Å². The number of nitrogens with one attached hydrogen (secondary N) is 2. The largest absolute Gasteiger partial charge is 0.459 e. The average molecular weight is 563 g/mol. The lowest BCUT2D eigenvalue weighted by atomic mass is 9.85. The van der Waals surface area contributed by atoms with E-state index in [1.165, 1.54) is 6.20 Å². The van der Waals surface area contributed by atoms with Crippen LogP contribution in [0.25, 0.3) is 16.9 Å². The molecule has 0 radical (unpaired) electrons. The molecule has 41 heavy (non-hydrogen) atoms. The highest BCUT2D eigenvalue weighted by Gasteiger charge is 2.48. The molecule has 4 heterocycles. The Morgan fingerprint density at radius 1 is 1.22 bits per heavy atom. The lowest BCUT2D eigenvalue weighted by Gasteiger charge is -2.40. The van der Waals surface area contributed by atoms with Crippen molar-refractivity contribution < 1.29 is 28.0 Å². The topological polar surface area (TPSA) is 133 Å². The van der Waals surface area contributed by atoms with Gasteiger partial charge in [-0.25, -0.2) is 8.91 Å². The van der Waals surface area contributed by atoms with Crippen molar-refractivity contribution in [3.63, 3.8) is 0 Å². The summed E-state index contributed by atoms with van der Waals surface area (Å²) in [5.41, 5.74) is 2.37. The predicted octanol–water partition coefficient (Wildman–Crippen LogP) is 4.54. The number of amides is 1. The number of hydrogen-bond acceptors (Lipinski definition) is 9. The number of esters is 1. The summed E-state index contributed by atoms with van der Waals surface area (Å²) in [6.45, 7) is 8.26. The number of alkyl halides is 1. The molecule has 2 aliphatic rings. The second-order valence-corrected chi connectivity index (χ2v) is 11.7. The highest BCUT2D eigenvalue weighted by atomic mass is 19.1. The van der Waals surface area contributed by atoms with Gasteiger partial charge in [-0.05, 0) is 57.9 Å². The Morgan fingerprint density at radius 2 is 2.00 bits per heavy atom. The lowest BCUT2D eigenvalue weighted by molar-refractivity contribution is -0.193. The van der Waals surface area contributed by atoms with Crippen molar-refractivity contribution in [3.8, 4) is 11.4 Å². The van der Waals surface area contributed by atoms with Gasteiger partial charge in [0.25, 0.3) is 5.91 Å². The minimum atomic E-state index is -0.934. The van der Waals surface area contributed by atoms with Gasteiger partial charge in [0, 0.05) is 29.7 Å². The zero-order valence-corrected chi connectivity index (χ0v) is 23.2. The summed E-state index contributed by atoms with van der Waals surface area (Å²) in [6.07, 6.45) is 2.71. The zero-order valence-electron chi connectivity index (χ0n) is 23.2. The number of fused-ring (bicyclic) bond motifs is 1. The number of aromatic nitrogens is 4. The van der Waals surface area contributed by atoms with Gasteiger partial charge in [-0.1, -0.05) is 17.3 Å². The fourth-order valence-corrected chi connectivity index (χ4v) is 4.57. The maximum Gasteiger partial charge on any atom is 0.319 e. The third kappa shape index (κ3) is 5.39. The molecule has 1 saturated carbocycles. The van der Waals surface area contributed by atoms with Crippen LogP contribution in [0.2, 0.25) is 0 Å². The van der Waals surface area contributed by atoms with E-state index in [1.54, 1.807) is 16.8 Å². The summed E-state index contributed by atoms with van der Waals surface area (Å²) in [6, 6.07) is 9.06. The van der Waals surface area contributed by atoms with E-state index in [4.69, 9.17) is 14.0 Å². The van der Waals surface area contributed by atoms with E-state index in [2.05, 4.69) is 25.9 Å². The van der Waals surface area contributed by atoms with Crippen LogP contribution < -0.4 is 10.6 Å². The number of pyridine rings is 1. The van der Waals surface area contributed by atoms with E-state index < -0.39 is 17.2 Å². The molecule has 1 aliphatic carbocycles. The Hall–Kier alpha value is -4.32. The summed E-state index contributed by atoms with van der Waals surface area (Å²) < 4.78 is 31.2. The minimum absolute atomic E-state index is 0.276. The van der Waals surface area contributed by atoms with Crippen LogP contribution in [0.5, 0.6) is 0 Å². The number of ether oxygens (including phenoxy) is 2. The third-order valence-electron chi connectivity index (χ3n) is 7.20. The molecule has 12 heteroatoms. The van der Waals surface area contributed by atoms with Gasteiger partial charge >= 0.3 is 5.97 Å². The molecule has 214 valence electrons. The first kappa shape index (κ1) is 26.9. The van der Waals surface area contributed by atoms with E-state index in [0.717, 1.165) is 11.3 Å². The first-order valence-electron chi connectivity index (χ1n) is 13.4. The van der Waals surface area contributed by atoms with Crippen molar-refractivity contribution in [1.82, 2.24) is 19.8 Å². The van der Waals surface area contributed by atoms with Crippen LogP contribution >= 0.6 is 0 Å². The molecule has 4 aromatic rings. The van der Waals surface area contributed by atoms with Crippen LogP contribution in [0.3, 0.4) is 0 Å². The van der Waals surface area contributed by atoms with Crippen molar-refractivity contribution in [2.45, 2.75) is 51.8 Å². The number of hydrogen-bond donors (Lipinski definition) is 2. The summed E-state index contributed by atoms with van der Waals surface area (Å²) >= 11 is 0. The van der Waals surface area contributed by atoms with Gasteiger partial charge in [0.15, 0.2) is 0 Å². The van der Waals surface area contributed by atoms with Crippen molar-refractivity contribution in [2.24, 2.45) is 5.41 Å². The molecule has 11 nitrogen and oxygen atoms in total. The molecular formula is C29H31FN6O5. The predicted molar refractivity (Wildman–Crippen MR) is 147 cm³/mol. The number of halogens is 1. The van der Waals surface area contributed by atoms with Crippen LogP contribution in [-0.4, -0.2) is 63.2 Å². The maximum absolute atomic E-state index is 13.4. The van der Waals surface area contributed by atoms with Crippen molar-refractivity contribution in [2.75, 3.05) is 30.4 Å². The number of anilines is 2. The van der Waals surface area contributed by atoms with E-state index in [0.29, 0.717) is 41.1 Å². The van der Waals surface area contributed by atoms with Crippen LogP contribution in [0.15, 0.2) is 47.2 Å². The molecule has 0 bridgehead atoms. The standard InChI is InChI=1S/C29H31FN6O5/c1-16-5-6-17(24-34-26(41-35-24)19-11-21(19)30)9-22(16)33-25(37)20-12-32-36-8-7-18(10-23(20)36)31-13-29(14-39-15-29)27(38)40-28(2,3)4/h5-10,12,19,21,31H,11,13-15H2,1-4H3,(H,33,37)/t19-,21-/m0/s1. The molecule has 2 fully saturated rings. The van der Waals surface area contributed by atoms with Gasteiger partial charge in [-0.15, -0.1) is 0 Å². The molecule has 2 atom stereocenters. The molecule has 6 rings (SSSR count). The number of carbonyl (C=O) groups excluding carboxylic acids is 2. The maximum atomic E-state index is 13.4. The SMILES string of the molecule is Cc1ccc(-c2noc([C@H]3C[C@@H]3F)n2)cc1NC(=O)c1cnn2ccc(NCC3(C(=O)OC(C)(C)C)COC3)cc12. The molecular weight excluding hydrogens is 531 g/mol. The third-order valence-corrected chi connectivity index (χ3v) is 7.20. The Morgan fingerprint density at radius 3 is 2.68 bits per heavy atom. The van der Waals surface area contributed by atoms with Crippen LogP contribution in [-0.2, 0) is 14.3 Å². The second kappa shape index (κ2) is 9.95. The Labute approximate surface area is 235 Å². The highest BCUT2D eigenvalue weighted by molar-refractivity contribution is 6.09. The molecule has 1 amide bonds. The summed E-state index contributed by atoms with van der Waals surface area (Å²) in [4.78, 5) is 30.5. The number of rotatable bonds is 8. The van der Waals surface area contributed by atoms with Gasteiger partial charge in [-0.2, -0.15) is 10.1 Å². The highest BCUT2D eigenvalue weighted by Crippen LogP contribution is 2.43. The van der Waals surface area contributed by atoms with Gasteiger partial charge in [0.1, 0.15) is 17.2 Å².